The Labute approximate surface area is 403 Å². The van der Waals surface area contributed by atoms with E-state index in [4.69, 9.17) is 0 Å². The highest BCUT2D eigenvalue weighted by Gasteiger charge is 2.26. The van der Waals surface area contributed by atoms with Gasteiger partial charge in [-0.1, -0.05) is 188 Å². The maximum absolute atomic E-state index is 2.53. The number of hydrogen-bond acceptors (Lipinski definition) is 0. The molecule has 0 unspecified atom stereocenters. The molecule has 0 saturated heterocycles. The van der Waals surface area contributed by atoms with Gasteiger partial charge in [0.15, 0.2) is 0 Å². The summed E-state index contributed by atoms with van der Waals surface area (Å²) >= 11 is 0. The molecular weight excluding hydrogens is 849 g/mol. The third-order valence-electron chi connectivity index (χ3n) is 14.8. The van der Waals surface area contributed by atoms with Gasteiger partial charge in [-0.25, -0.2) is 0 Å². The Hall–Kier alpha value is -9.38. The van der Waals surface area contributed by atoms with Crippen LogP contribution < -0.4 is 0 Å². The van der Waals surface area contributed by atoms with Crippen LogP contribution in [0.4, 0.5) is 0 Å². The molecule has 0 aliphatic carbocycles. The molecule has 0 saturated carbocycles. The quantitative estimate of drug-likeness (QED) is 0.158. The maximum atomic E-state index is 2.53. The average molecular weight is 891 g/mol. The highest BCUT2D eigenvalue weighted by atomic mass is 15.0. The predicted octanol–water partition coefficient (Wildman–Crippen LogP) is 17.4. The van der Waals surface area contributed by atoms with Crippen LogP contribution in [0.1, 0.15) is 0 Å². The number of nitrogens with zero attached hydrogens (tertiary/aromatic N) is 4. The first-order chi connectivity index (χ1) is 34.8. The summed E-state index contributed by atoms with van der Waals surface area (Å²) in [6.45, 7) is 0. The largest absolute Gasteiger partial charge is 0.309 e. The summed E-state index contributed by atoms with van der Waals surface area (Å²) in [7, 11) is 0. The molecule has 0 aliphatic rings. The standard InChI is InChI=1S/C66H42N4/c1-10-32-54-43(21-1)44-22-2-11-33-55(44)67(54)58-36-14-7-27-49(58)51-30-19-31-52(66(51)70-60-38-16-5-25-47(60)48-26-6-17-39-61(48)70)50-28-8-15-37-59(50)69-62-40-18-9-29-53(62)65-63(41-20-42-64(65)69)68-56-34-12-3-23-45(56)46-24-4-13-35-57(46)68/h1-42H. The molecule has 11 aromatic carbocycles. The Morgan fingerprint density at radius 2 is 0.429 bits per heavy atom. The van der Waals surface area contributed by atoms with Crippen LogP contribution in [-0.2, 0) is 0 Å². The van der Waals surface area contributed by atoms with Gasteiger partial charge in [0, 0.05) is 65.3 Å². The first kappa shape index (κ1) is 38.7. The maximum Gasteiger partial charge on any atom is 0.0620 e. The fourth-order valence-corrected chi connectivity index (χ4v) is 12.0. The third-order valence-corrected chi connectivity index (χ3v) is 14.8. The summed E-state index contributed by atoms with van der Waals surface area (Å²) in [6, 6.07) is 93.7. The van der Waals surface area contributed by atoms with Crippen molar-refractivity contribution in [2.45, 2.75) is 0 Å². The molecule has 0 atom stereocenters. The van der Waals surface area contributed by atoms with Crippen molar-refractivity contribution in [2.75, 3.05) is 0 Å². The van der Waals surface area contributed by atoms with E-state index in [1.807, 2.05) is 0 Å². The van der Waals surface area contributed by atoms with Crippen molar-refractivity contribution in [3.63, 3.8) is 0 Å². The van der Waals surface area contributed by atoms with E-state index >= 15 is 0 Å². The van der Waals surface area contributed by atoms with E-state index in [1.165, 1.54) is 65.2 Å². The van der Waals surface area contributed by atoms with Gasteiger partial charge in [-0.05, 0) is 66.7 Å². The Balaban J connectivity index is 1.05. The second kappa shape index (κ2) is 15.1. The van der Waals surface area contributed by atoms with E-state index in [1.54, 1.807) is 0 Å². The van der Waals surface area contributed by atoms with Gasteiger partial charge >= 0.3 is 0 Å². The smallest absolute Gasteiger partial charge is 0.0620 e. The van der Waals surface area contributed by atoms with Crippen molar-refractivity contribution in [1.82, 2.24) is 18.3 Å². The molecule has 4 heteroatoms. The van der Waals surface area contributed by atoms with E-state index in [0.29, 0.717) is 0 Å². The van der Waals surface area contributed by atoms with Crippen LogP contribution in [0.25, 0.3) is 132 Å². The van der Waals surface area contributed by atoms with Crippen LogP contribution in [0.3, 0.4) is 0 Å². The van der Waals surface area contributed by atoms with Gasteiger partial charge in [0.2, 0.25) is 0 Å². The SMILES string of the molecule is c1ccc(-n2c3ccccc3c3ccccc32)c(-c2cccc(-c3ccccc3-n3c4ccccc4c4c(-n5c6ccccc6c6ccccc65)cccc43)c2-n2c3ccccc3c3ccccc32)c1. The van der Waals surface area contributed by atoms with Gasteiger partial charge in [-0.2, -0.15) is 0 Å². The number of rotatable bonds is 6. The first-order valence-corrected chi connectivity index (χ1v) is 24.1. The normalized spacial score (nSPS) is 12.0. The lowest BCUT2D eigenvalue weighted by atomic mass is 9.93. The highest BCUT2D eigenvalue weighted by molar-refractivity contribution is 6.17. The number of aromatic nitrogens is 4. The molecule has 15 rings (SSSR count). The van der Waals surface area contributed by atoms with E-state index in [0.717, 1.165) is 67.1 Å². The molecule has 0 aliphatic heterocycles. The predicted molar refractivity (Wildman–Crippen MR) is 295 cm³/mol. The fourth-order valence-electron chi connectivity index (χ4n) is 12.0. The van der Waals surface area contributed by atoms with Crippen LogP contribution in [0.15, 0.2) is 255 Å². The molecule has 4 heterocycles. The van der Waals surface area contributed by atoms with Gasteiger partial charge in [-0.15, -0.1) is 0 Å². The van der Waals surface area contributed by atoms with Crippen LogP contribution in [0, 0.1) is 0 Å². The number of fused-ring (bicyclic) bond motifs is 12. The van der Waals surface area contributed by atoms with Crippen LogP contribution >= 0.6 is 0 Å². The zero-order chi connectivity index (χ0) is 45.9. The van der Waals surface area contributed by atoms with Crippen LogP contribution in [-0.4, -0.2) is 18.3 Å². The minimum Gasteiger partial charge on any atom is -0.309 e. The second-order valence-corrected chi connectivity index (χ2v) is 18.4. The summed E-state index contributed by atoms with van der Waals surface area (Å²) in [6.07, 6.45) is 0. The lowest BCUT2D eigenvalue weighted by molar-refractivity contribution is 1.15. The van der Waals surface area contributed by atoms with Crippen molar-refractivity contribution in [3.05, 3.63) is 255 Å². The van der Waals surface area contributed by atoms with Crippen molar-refractivity contribution in [1.29, 1.82) is 0 Å². The number of para-hydroxylation sites is 10. The van der Waals surface area contributed by atoms with Gasteiger partial charge < -0.3 is 18.3 Å². The molecule has 0 bridgehead atoms. The highest BCUT2D eigenvalue weighted by Crippen LogP contribution is 2.47. The molecule has 4 nitrogen and oxygen atoms in total. The van der Waals surface area contributed by atoms with Crippen LogP contribution in [0.5, 0.6) is 0 Å². The van der Waals surface area contributed by atoms with Gasteiger partial charge in [-0.3, -0.25) is 0 Å². The molecule has 4 aromatic heterocycles. The molecule has 0 N–H and O–H groups in total. The van der Waals surface area contributed by atoms with Crippen molar-refractivity contribution in [3.8, 4) is 45.0 Å². The van der Waals surface area contributed by atoms with Gasteiger partial charge in [0.1, 0.15) is 0 Å². The number of benzene rings is 11. The molecule has 70 heavy (non-hydrogen) atoms. The minimum atomic E-state index is 1.11. The summed E-state index contributed by atoms with van der Waals surface area (Å²) in [4.78, 5) is 0. The lowest BCUT2D eigenvalue weighted by Gasteiger charge is -2.23. The van der Waals surface area contributed by atoms with E-state index < -0.39 is 0 Å². The monoisotopic (exact) mass is 890 g/mol. The molecule has 0 spiro atoms. The van der Waals surface area contributed by atoms with Gasteiger partial charge in [0.05, 0.1) is 66.9 Å². The van der Waals surface area contributed by atoms with E-state index in [2.05, 4.69) is 273 Å². The van der Waals surface area contributed by atoms with Crippen molar-refractivity contribution < 1.29 is 0 Å². The molecule has 0 amide bonds. The summed E-state index contributed by atoms with van der Waals surface area (Å²) in [5.41, 5.74) is 18.5. The fraction of sp³-hybridized carbons (Fsp3) is 0. The Kier molecular flexibility index (Phi) is 8.33. The Morgan fingerprint density at radius 1 is 0.171 bits per heavy atom. The van der Waals surface area contributed by atoms with E-state index in [9.17, 15) is 0 Å². The molecule has 15 aromatic rings. The van der Waals surface area contributed by atoms with Gasteiger partial charge in [0.25, 0.3) is 0 Å². The number of hydrogen-bond donors (Lipinski definition) is 0. The molecule has 0 radical (unpaired) electrons. The third kappa shape index (κ3) is 5.41. The Morgan fingerprint density at radius 3 is 0.857 bits per heavy atom. The molecule has 0 fully saturated rings. The topological polar surface area (TPSA) is 19.7 Å². The molecule has 326 valence electrons. The zero-order valence-corrected chi connectivity index (χ0v) is 38.0. The zero-order valence-electron chi connectivity index (χ0n) is 38.0. The lowest BCUT2D eigenvalue weighted by Crippen LogP contribution is -2.05. The first-order valence-electron chi connectivity index (χ1n) is 24.1. The van der Waals surface area contributed by atoms with Crippen molar-refractivity contribution >= 4 is 87.2 Å². The minimum absolute atomic E-state index is 1.11. The summed E-state index contributed by atoms with van der Waals surface area (Å²) in [5.74, 6) is 0. The Bertz CT molecular complexity index is 4450. The van der Waals surface area contributed by atoms with Crippen molar-refractivity contribution in [2.24, 2.45) is 0 Å². The van der Waals surface area contributed by atoms with E-state index in [-0.39, 0.29) is 0 Å². The summed E-state index contributed by atoms with van der Waals surface area (Å²) in [5, 5.41) is 9.86. The second-order valence-electron chi connectivity index (χ2n) is 18.4. The summed E-state index contributed by atoms with van der Waals surface area (Å²) < 4.78 is 9.96. The van der Waals surface area contributed by atoms with Crippen LogP contribution in [0.2, 0.25) is 0 Å². The molecular formula is C66H42N4. The average Bonchev–Trinajstić information content (AvgIpc) is 4.16.